The zero-order valence-corrected chi connectivity index (χ0v) is 10.6. The molecule has 0 aliphatic carbocycles. The van der Waals surface area contributed by atoms with Crippen molar-refractivity contribution >= 4 is 44.2 Å². The van der Waals surface area contributed by atoms with Crippen LogP contribution in [0.15, 0.2) is 16.6 Å². The van der Waals surface area contributed by atoms with Crippen LogP contribution in [0.25, 0.3) is 0 Å². The second-order valence-electron chi connectivity index (χ2n) is 2.46. The second kappa shape index (κ2) is 4.70. The highest BCUT2D eigenvalue weighted by Gasteiger charge is 2.16. The van der Waals surface area contributed by atoms with Gasteiger partial charge in [0, 0.05) is 9.64 Å². The molecule has 4 nitrogen and oxygen atoms in total. The van der Waals surface area contributed by atoms with Gasteiger partial charge in [-0.1, -0.05) is 6.07 Å². The van der Waals surface area contributed by atoms with Gasteiger partial charge in [-0.05, 0) is 44.1 Å². The van der Waals surface area contributed by atoms with Crippen LogP contribution in [0.4, 0.5) is 5.69 Å². The fraction of sp³-hybridized carbons (Fsp3) is 0.125. The van der Waals surface area contributed by atoms with Crippen molar-refractivity contribution in [2.24, 2.45) is 0 Å². The summed E-state index contributed by atoms with van der Waals surface area (Å²) in [4.78, 5) is 10.1. The Bertz CT molecular complexity index is 428. The topological polar surface area (TPSA) is 66.9 Å². The van der Waals surface area contributed by atoms with Gasteiger partial charge in [-0.2, -0.15) is 5.26 Å². The molecular formula is C8H4BrIN2O2. The average Bonchev–Trinajstić information content (AvgIpc) is 2.13. The molecule has 0 fully saturated rings. The van der Waals surface area contributed by atoms with Crippen molar-refractivity contribution in [3.8, 4) is 6.07 Å². The van der Waals surface area contributed by atoms with Gasteiger partial charge in [0.1, 0.15) is 4.47 Å². The van der Waals surface area contributed by atoms with Crippen LogP contribution in [0.5, 0.6) is 0 Å². The molecule has 1 aromatic rings. The Morgan fingerprint density at radius 1 is 1.64 bits per heavy atom. The minimum absolute atomic E-state index is 0.0242. The molecule has 0 radical (unpaired) electrons. The summed E-state index contributed by atoms with van der Waals surface area (Å²) in [6.45, 7) is 0. The van der Waals surface area contributed by atoms with Crippen molar-refractivity contribution in [1.82, 2.24) is 0 Å². The summed E-state index contributed by atoms with van der Waals surface area (Å²) >= 11 is 5.13. The molecule has 1 aromatic carbocycles. The molecule has 0 aliphatic heterocycles. The maximum absolute atomic E-state index is 10.6. The smallest absolute Gasteiger partial charge is 0.258 e. The lowest BCUT2D eigenvalue weighted by atomic mass is 10.1. The van der Waals surface area contributed by atoms with Gasteiger partial charge in [0.2, 0.25) is 0 Å². The van der Waals surface area contributed by atoms with Crippen LogP contribution >= 0.6 is 38.5 Å². The first-order valence-corrected chi connectivity index (χ1v) is 5.43. The number of nitrogens with zero attached hydrogens (tertiary/aromatic N) is 2. The lowest BCUT2D eigenvalue weighted by molar-refractivity contribution is -0.385. The SMILES string of the molecule is N#CCc1ccc([N+](=O)[O-])c(Br)c1I. The molecule has 0 unspecified atom stereocenters. The minimum Gasteiger partial charge on any atom is -0.258 e. The first kappa shape index (κ1) is 11.4. The van der Waals surface area contributed by atoms with E-state index in [1.165, 1.54) is 6.07 Å². The second-order valence-corrected chi connectivity index (χ2v) is 4.34. The molecule has 0 N–H and O–H groups in total. The summed E-state index contributed by atoms with van der Waals surface area (Å²) in [5.74, 6) is 0. The highest BCUT2D eigenvalue weighted by atomic mass is 127. The molecule has 0 spiro atoms. The van der Waals surface area contributed by atoms with E-state index in [1.54, 1.807) is 6.07 Å². The van der Waals surface area contributed by atoms with Crippen molar-refractivity contribution in [2.75, 3.05) is 0 Å². The average molecular weight is 367 g/mol. The fourth-order valence-electron chi connectivity index (χ4n) is 0.942. The Hall–Kier alpha value is -0.680. The normalized spacial score (nSPS) is 9.50. The molecule has 0 aromatic heterocycles. The van der Waals surface area contributed by atoms with Gasteiger partial charge in [-0.25, -0.2) is 0 Å². The van der Waals surface area contributed by atoms with Crippen molar-refractivity contribution in [2.45, 2.75) is 6.42 Å². The van der Waals surface area contributed by atoms with Gasteiger partial charge >= 0.3 is 0 Å². The Morgan fingerprint density at radius 2 is 2.29 bits per heavy atom. The van der Waals surface area contributed by atoms with Crippen LogP contribution in [0, 0.1) is 25.0 Å². The van der Waals surface area contributed by atoms with Gasteiger partial charge in [0.15, 0.2) is 0 Å². The Kier molecular flexibility index (Phi) is 3.83. The number of hydrogen-bond donors (Lipinski definition) is 0. The third-order valence-corrected chi connectivity index (χ3v) is 4.38. The van der Waals surface area contributed by atoms with Crippen molar-refractivity contribution in [1.29, 1.82) is 5.26 Å². The number of benzene rings is 1. The first-order valence-electron chi connectivity index (χ1n) is 3.56. The number of hydrogen-bond acceptors (Lipinski definition) is 3. The number of nitro groups is 1. The molecule has 0 atom stereocenters. The molecule has 0 heterocycles. The van der Waals surface area contributed by atoms with E-state index in [2.05, 4.69) is 15.9 Å². The Balaban J connectivity index is 3.27. The summed E-state index contributed by atoms with van der Waals surface area (Å²) in [7, 11) is 0. The number of nitro benzene ring substituents is 1. The van der Waals surface area contributed by atoms with Gasteiger partial charge in [-0.15, -0.1) is 0 Å². The van der Waals surface area contributed by atoms with E-state index in [4.69, 9.17) is 5.26 Å². The van der Waals surface area contributed by atoms with Crippen LogP contribution in [-0.4, -0.2) is 4.92 Å². The van der Waals surface area contributed by atoms with Gasteiger partial charge in [0.25, 0.3) is 5.69 Å². The van der Waals surface area contributed by atoms with E-state index in [1.807, 2.05) is 28.7 Å². The molecule has 0 saturated heterocycles. The molecular weight excluding hydrogens is 363 g/mol. The monoisotopic (exact) mass is 366 g/mol. The van der Waals surface area contributed by atoms with E-state index in [0.29, 0.717) is 4.47 Å². The molecule has 0 aliphatic rings. The molecule has 0 amide bonds. The van der Waals surface area contributed by atoms with Crippen LogP contribution < -0.4 is 0 Å². The van der Waals surface area contributed by atoms with Crippen molar-refractivity contribution < 1.29 is 4.92 Å². The molecule has 1 rings (SSSR count). The molecule has 0 bridgehead atoms. The molecule has 14 heavy (non-hydrogen) atoms. The van der Waals surface area contributed by atoms with Crippen LogP contribution in [0.3, 0.4) is 0 Å². The minimum atomic E-state index is -0.456. The van der Waals surface area contributed by atoms with Gasteiger partial charge in [0.05, 0.1) is 17.4 Å². The van der Waals surface area contributed by atoms with E-state index in [9.17, 15) is 10.1 Å². The summed E-state index contributed by atoms with van der Waals surface area (Å²) in [6.07, 6.45) is 0.259. The highest BCUT2D eigenvalue weighted by molar-refractivity contribution is 14.1. The van der Waals surface area contributed by atoms with Crippen LogP contribution in [0.1, 0.15) is 5.56 Å². The summed E-state index contributed by atoms with van der Waals surface area (Å²) in [5.41, 5.74) is 0.821. The predicted octanol–water partition coefficient (Wildman–Crippen LogP) is 3.03. The first-order chi connectivity index (χ1) is 6.57. The predicted molar refractivity (Wildman–Crippen MR) is 62.8 cm³/mol. The quantitative estimate of drug-likeness (QED) is 0.459. The Morgan fingerprint density at radius 3 is 2.79 bits per heavy atom. The summed E-state index contributed by atoms with van der Waals surface area (Å²) in [6, 6.07) is 5.01. The lowest BCUT2D eigenvalue weighted by Crippen LogP contribution is -1.95. The Labute approximate surface area is 102 Å². The maximum atomic E-state index is 10.6. The molecule has 0 saturated carbocycles. The standard InChI is InChI=1S/C8H4BrIN2O2/c9-7-6(12(13)14)2-1-5(3-4-11)8(7)10/h1-2H,3H2. The van der Waals surface area contributed by atoms with Gasteiger partial charge < -0.3 is 0 Å². The van der Waals surface area contributed by atoms with E-state index >= 15 is 0 Å². The van der Waals surface area contributed by atoms with E-state index in [0.717, 1.165) is 9.13 Å². The lowest BCUT2D eigenvalue weighted by Gasteiger charge is -2.02. The molecule has 6 heteroatoms. The largest absolute Gasteiger partial charge is 0.284 e. The van der Waals surface area contributed by atoms with E-state index < -0.39 is 4.92 Å². The fourth-order valence-corrected chi connectivity index (χ4v) is 2.12. The van der Waals surface area contributed by atoms with Gasteiger partial charge in [-0.3, -0.25) is 10.1 Å². The summed E-state index contributed by atoms with van der Waals surface area (Å²) in [5, 5.41) is 19.1. The van der Waals surface area contributed by atoms with E-state index in [-0.39, 0.29) is 12.1 Å². The maximum Gasteiger partial charge on any atom is 0.284 e. The highest BCUT2D eigenvalue weighted by Crippen LogP contribution is 2.32. The van der Waals surface area contributed by atoms with Crippen LogP contribution in [-0.2, 0) is 6.42 Å². The third kappa shape index (κ3) is 2.22. The molecule has 72 valence electrons. The number of nitriles is 1. The van der Waals surface area contributed by atoms with Crippen LogP contribution in [0.2, 0.25) is 0 Å². The number of rotatable bonds is 2. The van der Waals surface area contributed by atoms with Crippen molar-refractivity contribution in [3.63, 3.8) is 0 Å². The zero-order chi connectivity index (χ0) is 10.7. The zero-order valence-electron chi connectivity index (χ0n) is 6.83. The number of halogens is 2. The third-order valence-electron chi connectivity index (χ3n) is 1.61. The van der Waals surface area contributed by atoms with Crippen molar-refractivity contribution in [3.05, 3.63) is 35.9 Å². The summed E-state index contributed by atoms with van der Waals surface area (Å²) < 4.78 is 1.16.